The Kier molecular flexibility index (Phi) is 4.54. The van der Waals surface area contributed by atoms with Gasteiger partial charge in [-0.05, 0) is 30.5 Å². The predicted octanol–water partition coefficient (Wildman–Crippen LogP) is 4.62. The van der Waals surface area contributed by atoms with Gasteiger partial charge in [-0.25, -0.2) is 0 Å². The summed E-state index contributed by atoms with van der Waals surface area (Å²) in [5.41, 5.74) is 2.44. The molecular formula is C13H17BrClN. The highest BCUT2D eigenvalue weighted by molar-refractivity contribution is 9.08. The maximum atomic E-state index is 6.33. The van der Waals surface area contributed by atoms with Crippen molar-refractivity contribution in [2.75, 3.05) is 18.0 Å². The van der Waals surface area contributed by atoms with Gasteiger partial charge in [-0.1, -0.05) is 46.4 Å². The highest BCUT2D eigenvalue weighted by Gasteiger charge is 2.12. The fraction of sp³-hybridized carbons (Fsp3) is 0.538. The third kappa shape index (κ3) is 2.92. The van der Waals surface area contributed by atoms with Crippen molar-refractivity contribution >= 4 is 33.2 Å². The summed E-state index contributed by atoms with van der Waals surface area (Å²) < 4.78 is 0. The number of anilines is 1. The first-order valence-corrected chi connectivity index (χ1v) is 7.40. The quantitative estimate of drug-likeness (QED) is 0.721. The van der Waals surface area contributed by atoms with E-state index in [9.17, 15) is 0 Å². The van der Waals surface area contributed by atoms with E-state index in [0.29, 0.717) is 0 Å². The van der Waals surface area contributed by atoms with E-state index < -0.39 is 0 Å². The SMILES string of the molecule is Clc1cc(CBr)ccc1N1CCCCCC1. The topological polar surface area (TPSA) is 3.24 Å². The summed E-state index contributed by atoms with van der Waals surface area (Å²) in [6, 6.07) is 6.38. The molecule has 0 amide bonds. The maximum Gasteiger partial charge on any atom is 0.0642 e. The second-order valence-corrected chi connectivity index (χ2v) is 5.29. The van der Waals surface area contributed by atoms with E-state index >= 15 is 0 Å². The van der Waals surface area contributed by atoms with E-state index in [1.165, 1.54) is 36.9 Å². The minimum Gasteiger partial charge on any atom is -0.370 e. The van der Waals surface area contributed by atoms with Crippen molar-refractivity contribution in [2.45, 2.75) is 31.0 Å². The van der Waals surface area contributed by atoms with Crippen molar-refractivity contribution in [3.8, 4) is 0 Å². The third-order valence-electron chi connectivity index (χ3n) is 3.11. The van der Waals surface area contributed by atoms with E-state index in [0.717, 1.165) is 23.4 Å². The predicted molar refractivity (Wildman–Crippen MR) is 74.8 cm³/mol. The Balaban J connectivity index is 2.18. The van der Waals surface area contributed by atoms with Crippen LogP contribution in [0.3, 0.4) is 0 Å². The average Bonchev–Trinajstić information content (AvgIpc) is 2.57. The molecule has 0 saturated carbocycles. The number of rotatable bonds is 2. The Morgan fingerprint density at radius 3 is 2.38 bits per heavy atom. The molecule has 16 heavy (non-hydrogen) atoms. The maximum absolute atomic E-state index is 6.33. The molecule has 1 heterocycles. The second-order valence-electron chi connectivity index (χ2n) is 4.32. The fourth-order valence-corrected chi connectivity index (χ4v) is 2.87. The first-order chi connectivity index (χ1) is 7.81. The average molecular weight is 303 g/mol. The molecule has 0 bridgehead atoms. The number of alkyl halides is 1. The number of benzene rings is 1. The Morgan fingerprint density at radius 2 is 1.81 bits per heavy atom. The van der Waals surface area contributed by atoms with Gasteiger partial charge in [0.2, 0.25) is 0 Å². The van der Waals surface area contributed by atoms with Gasteiger partial charge in [0.05, 0.1) is 10.7 Å². The van der Waals surface area contributed by atoms with Gasteiger partial charge in [0.25, 0.3) is 0 Å². The van der Waals surface area contributed by atoms with Crippen molar-refractivity contribution < 1.29 is 0 Å². The molecule has 1 aliphatic heterocycles. The highest BCUT2D eigenvalue weighted by Crippen LogP contribution is 2.29. The summed E-state index contributed by atoms with van der Waals surface area (Å²) >= 11 is 9.78. The molecule has 1 fully saturated rings. The van der Waals surface area contributed by atoms with Gasteiger partial charge in [0.1, 0.15) is 0 Å². The summed E-state index contributed by atoms with van der Waals surface area (Å²) in [5, 5.41) is 1.76. The molecule has 88 valence electrons. The summed E-state index contributed by atoms with van der Waals surface area (Å²) in [7, 11) is 0. The molecule has 1 aromatic carbocycles. The van der Waals surface area contributed by atoms with Crippen LogP contribution in [0, 0.1) is 0 Å². The largest absolute Gasteiger partial charge is 0.370 e. The smallest absolute Gasteiger partial charge is 0.0642 e. The van der Waals surface area contributed by atoms with Crippen LogP contribution in [0.1, 0.15) is 31.2 Å². The normalized spacial score (nSPS) is 17.2. The van der Waals surface area contributed by atoms with Crippen molar-refractivity contribution in [3.05, 3.63) is 28.8 Å². The van der Waals surface area contributed by atoms with E-state index in [1.807, 2.05) is 0 Å². The number of hydrogen-bond donors (Lipinski definition) is 0. The Hall–Kier alpha value is -0.210. The molecule has 2 rings (SSSR count). The van der Waals surface area contributed by atoms with Crippen LogP contribution in [-0.4, -0.2) is 13.1 Å². The summed E-state index contributed by atoms with van der Waals surface area (Å²) in [4.78, 5) is 2.42. The standard InChI is InChI=1S/C13H17BrClN/c14-10-11-5-6-13(12(15)9-11)16-7-3-1-2-4-8-16/h5-6,9H,1-4,7-8,10H2. The summed E-state index contributed by atoms with van der Waals surface area (Å²) in [6.45, 7) is 2.29. The molecule has 1 saturated heterocycles. The summed E-state index contributed by atoms with van der Waals surface area (Å²) in [6.07, 6.45) is 5.29. The van der Waals surface area contributed by atoms with Gasteiger partial charge in [-0.2, -0.15) is 0 Å². The lowest BCUT2D eigenvalue weighted by Crippen LogP contribution is -2.24. The van der Waals surface area contributed by atoms with Gasteiger partial charge >= 0.3 is 0 Å². The molecule has 0 spiro atoms. The number of hydrogen-bond acceptors (Lipinski definition) is 1. The molecule has 0 atom stereocenters. The molecule has 0 radical (unpaired) electrons. The van der Waals surface area contributed by atoms with Crippen LogP contribution < -0.4 is 4.90 Å². The molecule has 1 nitrogen and oxygen atoms in total. The van der Waals surface area contributed by atoms with E-state index in [4.69, 9.17) is 11.6 Å². The van der Waals surface area contributed by atoms with Crippen LogP contribution in [-0.2, 0) is 5.33 Å². The molecule has 1 aliphatic rings. The van der Waals surface area contributed by atoms with Crippen LogP contribution in [0.4, 0.5) is 5.69 Å². The zero-order valence-corrected chi connectivity index (χ0v) is 11.7. The second kappa shape index (κ2) is 5.92. The van der Waals surface area contributed by atoms with Crippen LogP contribution in [0.15, 0.2) is 18.2 Å². The molecular weight excluding hydrogens is 286 g/mol. The van der Waals surface area contributed by atoms with Crippen LogP contribution in [0.5, 0.6) is 0 Å². The van der Waals surface area contributed by atoms with Crippen molar-refractivity contribution in [1.82, 2.24) is 0 Å². The molecule has 0 aromatic heterocycles. The van der Waals surface area contributed by atoms with Crippen LogP contribution in [0.25, 0.3) is 0 Å². The summed E-state index contributed by atoms with van der Waals surface area (Å²) in [5.74, 6) is 0. The first-order valence-electron chi connectivity index (χ1n) is 5.90. The van der Waals surface area contributed by atoms with Crippen molar-refractivity contribution in [1.29, 1.82) is 0 Å². The van der Waals surface area contributed by atoms with E-state index in [2.05, 4.69) is 39.0 Å². The minimum absolute atomic E-state index is 0.868. The van der Waals surface area contributed by atoms with Gasteiger partial charge in [-0.3, -0.25) is 0 Å². The molecule has 3 heteroatoms. The van der Waals surface area contributed by atoms with Crippen molar-refractivity contribution in [2.24, 2.45) is 0 Å². The van der Waals surface area contributed by atoms with Gasteiger partial charge in [-0.15, -0.1) is 0 Å². The Bertz CT molecular complexity index is 346. The zero-order chi connectivity index (χ0) is 11.4. The Morgan fingerprint density at radius 1 is 1.12 bits per heavy atom. The van der Waals surface area contributed by atoms with Crippen LogP contribution >= 0.6 is 27.5 Å². The van der Waals surface area contributed by atoms with E-state index in [1.54, 1.807) is 0 Å². The molecule has 1 aromatic rings. The lowest BCUT2D eigenvalue weighted by Gasteiger charge is -2.24. The van der Waals surface area contributed by atoms with Gasteiger partial charge in [0.15, 0.2) is 0 Å². The third-order valence-corrected chi connectivity index (χ3v) is 4.06. The fourth-order valence-electron chi connectivity index (χ4n) is 2.20. The Labute approximate surface area is 111 Å². The molecule has 0 aliphatic carbocycles. The minimum atomic E-state index is 0.868. The number of nitrogens with zero attached hydrogens (tertiary/aromatic N) is 1. The molecule has 0 unspecified atom stereocenters. The van der Waals surface area contributed by atoms with Crippen LogP contribution in [0.2, 0.25) is 5.02 Å². The van der Waals surface area contributed by atoms with E-state index in [-0.39, 0.29) is 0 Å². The van der Waals surface area contributed by atoms with Gasteiger partial charge < -0.3 is 4.90 Å². The van der Waals surface area contributed by atoms with Crippen molar-refractivity contribution in [3.63, 3.8) is 0 Å². The number of halogens is 2. The van der Waals surface area contributed by atoms with Gasteiger partial charge in [0, 0.05) is 18.4 Å². The highest BCUT2D eigenvalue weighted by atomic mass is 79.9. The molecule has 0 N–H and O–H groups in total. The monoisotopic (exact) mass is 301 g/mol. The lowest BCUT2D eigenvalue weighted by atomic mass is 10.2. The first kappa shape index (κ1) is 12.3. The zero-order valence-electron chi connectivity index (χ0n) is 9.38. The lowest BCUT2D eigenvalue weighted by molar-refractivity contribution is 0.726.